The summed E-state index contributed by atoms with van der Waals surface area (Å²) in [5, 5.41) is 5.37. The number of aromatic nitrogens is 2. The summed E-state index contributed by atoms with van der Waals surface area (Å²) in [5.41, 5.74) is 1.92. The second kappa shape index (κ2) is 11.9. The van der Waals surface area contributed by atoms with E-state index >= 15 is 0 Å². The van der Waals surface area contributed by atoms with E-state index in [-0.39, 0.29) is 41.3 Å². The Bertz CT molecular complexity index is 1500. The molecule has 1 saturated heterocycles. The fraction of sp³-hybridized carbons (Fsp3) is 0.379. The number of piperidine rings is 1. The molecule has 3 atom stereocenters. The summed E-state index contributed by atoms with van der Waals surface area (Å²) in [4.78, 5) is 47.9. The third-order valence-electron chi connectivity index (χ3n) is 7.78. The third-order valence-corrected chi connectivity index (χ3v) is 8.08. The minimum absolute atomic E-state index is 0.0597. The Balaban J connectivity index is 1.45. The molecule has 3 amide bonds. The lowest BCUT2D eigenvalue weighted by Crippen LogP contribution is -2.41. The van der Waals surface area contributed by atoms with Crippen molar-refractivity contribution in [3.05, 3.63) is 64.6 Å². The zero-order valence-corrected chi connectivity index (χ0v) is 23.4. The van der Waals surface area contributed by atoms with Crippen LogP contribution in [0, 0.1) is 17.6 Å². The van der Waals surface area contributed by atoms with Crippen LogP contribution < -0.4 is 10.6 Å². The van der Waals surface area contributed by atoms with Crippen molar-refractivity contribution in [1.82, 2.24) is 14.9 Å². The normalized spacial score (nSPS) is 21.3. The number of ether oxygens (including phenoxy) is 1. The number of amides is 3. The van der Waals surface area contributed by atoms with E-state index in [9.17, 15) is 23.2 Å². The molecule has 12 heteroatoms. The fourth-order valence-electron chi connectivity index (χ4n) is 5.55. The van der Waals surface area contributed by atoms with Crippen LogP contribution in [0.2, 0.25) is 5.02 Å². The molecule has 2 aliphatic rings. The number of hydrogen-bond donors (Lipinski definition) is 3. The van der Waals surface area contributed by atoms with Gasteiger partial charge in [0.05, 0.1) is 29.6 Å². The number of hydrogen-bond acceptors (Lipinski definition) is 5. The number of nitrogens with one attached hydrogen (secondary N) is 3. The molecule has 216 valence electrons. The monoisotopic (exact) mass is 585 g/mol. The van der Waals surface area contributed by atoms with Crippen LogP contribution in [0.4, 0.5) is 25.0 Å². The number of likely N-dealkylation sites (tertiary alicyclic amines) is 1. The standard InChI is InChI=1S/C29H30ClF2N5O4/c1-15-4-3-5-23(37-11-10-16(12-24(37)38)25-20(31)9-8-19(30)26(25)32)27-33-14-22(35-27)18-7-6-17(34-29(40)41-2)13-21(18)36-28(15)39/h6-9,13-16,23H,3-5,10-12H2,1-2H3,(H,33,35)(H,34,40)(H,36,39)/t15-,16?,23?/m1/s1. The predicted octanol–water partition coefficient (Wildman–Crippen LogP) is 6.39. The first kappa shape index (κ1) is 28.5. The maximum absolute atomic E-state index is 14.7. The van der Waals surface area contributed by atoms with Gasteiger partial charge >= 0.3 is 6.09 Å². The third kappa shape index (κ3) is 5.90. The Hall–Kier alpha value is -3.99. The number of aromatic amines is 1. The molecule has 3 aromatic rings. The number of carbonyl (C=O) groups excluding carboxylic acids is 3. The van der Waals surface area contributed by atoms with Crippen molar-refractivity contribution < 1.29 is 27.9 Å². The summed E-state index contributed by atoms with van der Waals surface area (Å²) in [7, 11) is 1.26. The summed E-state index contributed by atoms with van der Waals surface area (Å²) >= 11 is 5.90. The van der Waals surface area contributed by atoms with Crippen molar-refractivity contribution >= 4 is 40.9 Å². The van der Waals surface area contributed by atoms with E-state index in [1.54, 1.807) is 29.3 Å². The SMILES string of the molecule is COC(=O)Nc1ccc2c(c1)NC(=O)[C@H](C)CCCC(N1CCC(c3c(F)ccc(Cl)c3F)CC1=O)c1nc-2c[nH]1. The number of methoxy groups -OCH3 is 1. The molecule has 2 bridgehead atoms. The average Bonchev–Trinajstić information content (AvgIpc) is 3.43. The molecule has 1 aromatic heterocycles. The zero-order valence-electron chi connectivity index (χ0n) is 22.6. The Morgan fingerprint density at radius 1 is 1.17 bits per heavy atom. The molecule has 2 unspecified atom stereocenters. The smallest absolute Gasteiger partial charge is 0.411 e. The number of halogens is 3. The summed E-state index contributed by atoms with van der Waals surface area (Å²) in [6.45, 7) is 2.12. The molecular weight excluding hydrogens is 556 g/mol. The van der Waals surface area contributed by atoms with Crippen LogP contribution in [-0.2, 0) is 14.3 Å². The quantitative estimate of drug-likeness (QED) is 0.308. The Morgan fingerprint density at radius 2 is 1.98 bits per heavy atom. The van der Waals surface area contributed by atoms with Crippen LogP contribution in [0.3, 0.4) is 0 Å². The van der Waals surface area contributed by atoms with Gasteiger partial charge in [-0.3, -0.25) is 14.9 Å². The van der Waals surface area contributed by atoms with Gasteiger partial charge in [-0.05, 0) is 49.6 Å². The van der Waals surface area contributed by atoms with E-state index < -0.39 is 29.7 Å². The highest BCUT2D eigenvalue weighted by Crippen LogP contribution is 2.39. The maximum atomic E-state index is 14.7. The number of rotatable bonds is 3. The molecule has 2 aliphatic heterocycles. The van der Waals surface area contributed by atoms with Crippen molar-refractivity contribution in [3.63, 3.8) is 0 Å². The van der Waals surface area contributed by atoms with Gasteiger partial charge in [-0.15, -0.1) is 0 Å². The number of carbonyl (C=O) groups is 3. The second-order valence-electron chi connectivity index (χ2n) is 10.4. The predicted molar refractivity (Wildman–Crippen MR) is 149 cm³/mol. The highest BCUT2D eigenvalue weighted by Gasteiger charge is 2.36. The van der Waals surface area contributed by atoms with Crippen molar-refractivity contribution in [1.29, 1.82) is 0 Å². The zero-order chi connectivity index (χ0) is 29.3. The molecule has 9 nitrogen and oxygen atoms in total. The number of benzene rings is 2. The Morgan fingerprint density at radius 3 is 2.73 bits per heavy atom. The largest absolute Gasteiger partial charge is 0.453 e. The van der Waals surface area contributed by atoms with E-state index in [1.165, 1.54) is 13.2 Å². The molecule has 2 aromatic carbocycles. The molecule has 1 fully saturated rings. The Labute approximate surface area is 240 Å². The van der Waals surface area contributed by atoms with Gasteiger partial charge in [-0.1, -0.05) is 24.9 Å². The van der Waals surface area contributed by atoms with Gasteiger partial charge in [0.15, 0.2) is 0 Å². The molecule has 3 N–H and O–H groups in total. The van der Waals surface area contributed by atoms with Crippen molar-refractivity contribution in [2.75, 3.05) is 24.3 Å². The van der Waals surface area contributed by atoms with Gasteiger partial charge in [0.2, 0.25) is 11.8 Å². The van der Waals surface area contributed by atoms with Crippen LogP contribution in [0.25, 0.3) is 11.3 Å². The number of fused-ring (bicyclic) bond motifs is 4. The summed E-state index contributed by atoms with van der Waals surface area (Å²) in [5.74, 6) is -2.33. The lowest BCUT2D eigenvalue weighted by molar-refractivity contribution is -0.137. The summed E-state index contributed by atoms with van der Waals surface area (Å²) < 4.78 is 33.9. The lowest BCUT2D eigenvalue weighted by Gasteiger charge is -2.37. The topological polar surface area (TPSA) is 116 Å². The number of nitrogens with zero attached hydrogens (tertiary/aromatic N) is 2. The maximum Gasteiger partial charge on any atom is 0.411 e. The van der Waals surface area contributed by atoms with Gasteiger partial charge in [0.1, 0.15) is 17.5 Å². The van der Waals surface area contributed by atoms with Crippen LogP contribution in [0.1, 0.15) is 62.4 Å². The number of H-pyrrole nitrogens is 1. The molecule has 41 heavy (non-hydrogen) atoms. The first-order chi connectivity index (χ1) is 19.7. The van der Waals surface area contributed by atoms with Gasteiger partial charge < -0.3 is 19.9 Å². The van der Waals surface area contributed by atoms with E-state index in [4.69, 9.17) is 16.6 Å². The number of imidazole rings is 1. The molecule has 0 saturated carbocycles. The second-order valence-corrected chi connectivity index (χ2v) is 10.8. The van der Waals surface area contributed by atoms with E-state index in [2.05, 4.69) is 20.4 Å². The van der Waals surface area contributed by atoms with Crippen LogP contribution in [0.15, 0.2) is 36.5 Å². The van der Waals surface area contributed by atoms with Crippen LogP contribution in [-0.4, -0.2) is 46.4 Å². The molecular formula is C29H30ClF2N5O4. The molecule has 5 rings (SSSR count). The van der Waals surface area contributed by atoms with Gasteiger partial charge in [0.25, 0.3) is 0 Å². The van der Waals surface area contributed by atoms with Crippen molar-refractivity contribution in [3.8, 4) is 11.3 Å². The molecule has 0 spiro atoms. The first-order valence-corrected chi connectivity index (χ1v) is 13.8. The first-order valence-electron chi connectivity index (χ1n) is 13.4. The summed E-state index contributed by atoms with van der Waals surface area (Å²) in [6, 6.07) is 6.92. The van der Waals surface area contributed by atoms with Gasteiger partial charge in [-0.25, -0.2) is 18.6 Å². The Kier molecular flexibility index (Phi) is 8.25. The van der Waals surface area contributed by atoms with Crippen LogP contribution >= 0.6 is 11.6 Å². The minimum atomic E-state index is -0.824. The molecule has 0 aliphatic carbocycles. The van der Waals surface area contributed by atoms with Gasteiger partial charge in [-0.2, -0.15) is 0 Å². The average molecular weight is 586 g/mol. The van der Waals surface area contributed by atoms with E-state index in [0.29, 0.717) is 54.1 Å². The van der Waals surface area contributed by atoms with Crippen LogP contribution in [0.5, 0.6) is 0 Å². The highest BCUT2D eigenvalue weighted by molar-refractivity contribution is 6.30. The van der Waals surface area contributed by atoms with Crippen molar-refractivity contribution in [2.45, 2.75) is 51.0 Å². The number of anilines is 2. The highest BCUT2D eigenvalue weighted by atomic mass is 35.5. The fourth-order valence-corrected chi connectivity index (χ4v) is 5.72. The lowest BCUT2D eigenvalue weighted by atomic mass is 9.87. The molecule has 0 radical (unpaired) electrons. The summed E-state index contributed by atoms with van der Waals surface area (Å²) in [6.07, 6.45) is 3.12. The minimum Gasteiger partial charge on any atom is -0.453 e. The van der Waals surface area contributed by atoms with E-state index in [1.807, 2.05) is 6.92 Å². The van der Waals surface area contributed by atoms with Gasteiger partial charge in [0, 0.05) is 47.8 Å². The van der Waals surface area contributed by atoms with Crippen molar-refractivity contribution in [2.24, 2.45) is 5.92 Å². The van der Waals surface area contributed by atoms with E-state index in [0.717, 1.165) is 6.07 Å². The molecule has 3 heterocycles.